The molecule has 3 aromatic rings. The zero-order valence-corrected chi connectivity index (χ0v) is 15.3. The van der Waals surface area contributed by atoms with Crippen molar-refractivity contribution in [1.82, 2.24) is 0 Å². The second-order valence-electron chi connectivity index (χ2n) is 6.56. The van der Waals surface area contributed by atoms with E-state index in [0.29, 0.717) is 11.5 Å². The molecule has 126 valence electrons. The minimum absolute atomic E-state index is 0.263. The van der Waals surface area contributed by atoms with Gasteiger partial charge < -0.3 is 9.73 Å². The zero-order chi connectivity index (χ0) is 17.1. The maximum atomic E-state index is 11.9. The number of aryl methyl sites for hydroxylation is 1. The fourth-order valence-electron chi connectivity index (χ4n) is 3.14. The molecule has 0 bridgehead atoms. The van der Waals surface area contributed by atoms with Gasteiger partial charge >= 0.3 is 5.63 Å². The molecule has 2 aromatic heterocycles. The second kappa shape index (κ2) is 7.32. The first-order chi connectivity index (χ1) is 11.5. The van der Waals surface area contributed by atoms with E-state index >= 15 is 0 Å². The molecule has 0 aliphatic heterocycles. The normalized spacial score (nSPS) is 11.5. The average Bonchev–Trinajstić information content (AvgIpc) is 3.03. The van der Waals surface area contributed by atoms with E-state index < -0.39 is 0 Å². The fourth-order valence-corrected chi connectivity index (χ4v) is 3.86. The number of fused-ring (bicyclic) bond motifs is 1. The summed E-state index contributed by atoms with van der Waals surface area (Å²) in [6.07, 6.45) is 1.06. The van der Waals surface area contributed by atoms with E-state index in [0.717, 1.165) is 30.5 Å². The van der Waals surface area contributed by atoms with E-state index in [4.69, 9.17) is 4.42 Å². The Morgan fingerprint density at radius 1 is 1.25 bits per heavy atom. The minimum atomic E-state index is -0.263. The minimum Gasteiger partial charge on any atom is -0.423 e. The van der Waals surface area contributed by atoms with Gasteiger partial charge in [0.1, 0.15) is 12.1 Å². The van der Waals surface area contributed by atoms with Crippen molar-refractivity contribution < 1.29 is 9.73 Å². The molecule has 0 aliphatic rings. The van der Waals surface area contributed by atoms with Gasteiger partial charge in [-0.2, -0.15) is 0 Å². The van der Waals surface area contributed by atoms with Crippen molar-refractivity contribution in [3.63, 3.8) is 0 Å². The number of hydrogen-bond acceptors (Lipinski definition) is 3. The monoisotopic (exact) mass is 342 g/mol. The van der Waals surface area contributed by atoms with Crippen molar-refractivity contribution in [2.24, 2.45) is 0 Å². The van der Waals surface area contributed by atoms with Crippen LogP contribution in [0.4, 0.5) is 0 Å². The van der Waals surface area contributed by atoms with Crippen LogP contribution in [-0.4, -0.2) is 6.54 Å². The van der Waals surface area contributed by atoms with Crippen molar-refractivity contribution in [2.45, 2.75) is 39.7 Å². The van der Waals surface area contributed by atoms with Gasteiger partial charge in [0.05, 0.1) is 6.54 Å². The van der Waals surface area contributed by atoms with Gasteiger partial charge in [-0.3, -0.25) is 0 Å². The standard InChI is InChI=1S/C20H23NO2S/c1-13(2)17-11-18-15(10-20(22)23-19(18)9-14(17)3)12-21-7-6-16-5-4-8-24-16/h4-5,8-11,13,21H,6-7,12H2,1-3H3/p+1. The average molecular weight is 342 g/mol. The van der Waals surface area contributed by atoms with Crippen LogP contribution in [0.15, 0.2) is 44.9 Å². The molecule has 0 saturated carbocycles. The lowest BCUT2D eigenvalue weighted by atomic mass is 9.95. The third-order valence-corrected chi connectivity index (χ3v) is 5.31. The molecule has 0 saturated heterocycles. The topological polar surface area (TPSA) is 46.8 Å². The molecule has 0 spiro atoms. The summed E-state index contributed by atoms with van der Waals surface area (Å²) in [5, 5.41) is 5.44. The van der Waals surface area contributed by atoms with Crippen molar-refractivity contribution >= 4 is 22.3 Å². The Labute approximate surface area is 146 Å². The lowest BCUT2D eigenvalue weighted by molar-refractivity contribution is -0.669. The second-order valence-corrected chi connectivity index (χ2v) is 7.59. The van der Waals surface area contributed by atoms with Gasteiger partial charge in [-0.1, -0.05) is 19.9 Å². The maximum Gasteiger partial charge on any atom is 0.336 e. The number of benzene rings is 1. The first-order valence-corrected chi connectivity index (χ1v) is 9.34. The van der Waals surface area contributed by atoms with Crippen LogP contribution in [0.5, 0.6) is 0 Å². The van der Waals surface area contributed by atoms with E-state index in [9.17, 15) is 4.79 Å². The van der Waals surface area contributed by atoms with E-state index in [-0.39, 0.29) is 5.63 Å². The highest BCUT2D eigenvalue weighted by molar-refractivity contribution is 7.09. The quantitative estimate of drug-likeness (QED) is 0.550. The van der Waals surface area contributed by atoms with Crippen LogP contribution >= 0.6 is 11.3 Å². The molecule has 0 fully saturated rings. The molecule has 2 N–H and O–H groups in total. The summed E-state index contributed by atoms with van der Waals surface area (Å²) in [6, 6.07) is 10.1. The molecule has 0 radical (unpaired) electrons. The van der Waals surface area contributed by atoms with E-state index in [1.807, 2.05) is 6.07 Å². The van der Waals surface area contributed by atoms with Gasteiger partial charge in [-0.05, 0) is 47.5 Å². The van der Waals surface area contributed by atoms with Crippen LogP contribution in [0.2, 0.25) is 0 Å². The Kier molecular flexibility index (Phi) is 5.17. The van der Waals surface area contributed by atoms with E-state index in [2.05, 4.69) is 49.7 Å². The number of hydrogen-bond donors (Lipinski definition) is 1. The van der Waals surface area contributed by atoms with Gasteiger partial charge in [0.15, 0.2) is 0 Å². The number of rotatable bonds is 6. The Morgan fingerprint density at radius 2 is 2.08 bits per heavy atom. The third-order valence-electron chi connectivity index (χ3n) is 4.38. The highest BCUT2D eigenvalue weighted by Crippen LogP contribution is 2.26. The maximum absolute atomic E-state index is 11.9. The SMILES string of the molecule is Cc1cc2oc(=O)cc(C[NH2+]CCc3cccs3)c2cc1C(C)C. The Hall–Kier alpha value is -1.91. The predicted molar refractivity (Wildman–Crippen MR) is 99.8 cm³/mol. The molecule has 2 heterocycles. The predicted octanol–water partition coefficient (Wildman–Crippen LogP) is 3.59. The summed E-state index contributed by atoms with van der Waals surface area (Å²) in [6.45, 7) is 8.29. The molecule has 1 aromatic carbocycles. The molecule has 3 rings (SSSR count). The first kappa shape index (κ1) is 16.9. The van der Waals surface area contributed by atoms with Gasteiger partial charge in [0, 0.05) is 28.3 Å². The molecule has 0 aliphatic carbocycles. The fraction of sp³-hybridized carbons (Fsp3) is 0.350. The smallest absolute Gasteiger partial charge is 0.336 e. The summed E-state index contributed by atoms with van der Waals surface area (Å²) in [4.78, 5) is 13.3. The summed E-state index contributed by atoms with van der Waals surface area (Å²) < 4.78 is 5.42. The van der Waals surface area contributed by atoms with Gasteiger partial charge in [-0.15, -0.1) is 11.3 Å². The van der Waals surface area contributed by atoms with Crippen molar-refractivity contribution in [3.05, 3.63) is 67.7 Å². The Bertz CT molecular complexity index is 879. The highest BCUT2D eigenvalue weighted by atomic mass is 32.1. The van der Waals surface area contributed by atoms with Gasteiger partial charge in [-0.25, -0.2) is 4.79 Å². The first-order valence-electron chi connectivity index (χ1n) is 8.46. The Morgan fingerprint density at radius 3 is 2.79 bits per heavy atom. The molecule has 0 unspecified atom stereocenters. The largest absolute Gasteiger partial charge is 0.423 e. The van der Waals surface area contributed by atoms with E-state index in [1.54, 1.807) is 17.4 Å². The summed E-state index contributed by atoms with van der Waals surface area (Å²) >= 11 is 1.80. The van der Waals surface area contributed by atoms with Gasteiger partial charge in [0.25, 0.3) is 0 Å². The molecular weight excluding hydrogens is 318 g/mol. The highest BCUT2D eigenvalue weighted by Gasteiger charge is 2.12. The molecule has 3 nitrogen and oxygen atoms in total. The number of nitrogens with two attached hydrogens (primary N) is 1. The van der Waals surface area contributed by atoms with Crippen LogP contribution in [0.3, 0.4) is 0 Å². The molecular formula is C20H24NO2S+. The Balaban J connectivity index is 1.83. The van der Waals surface area contributed by atoms with Crippen molar-refractivity contribution in [3.8, 4) is 0 Å². The van der Waals surface area contributed by atoms with Crippen molar-refractivity contribution in [1.29, 1.82) is 0 Å². The van der Waals surface area contributed by atoms with Gasteiger partial charge in [0.2, 0.25) is 0 Å². The molecule has 0 amide bonds. The van der Waals surface area contributed by atoms with Crippen LogP contribution < -0.4 is 10.9 Å². The molecule has 24 heavy (non-hydrogen) atoms. The van der Waals surface area contributed by atoms with Crippen LogP contribution in [0.25, 0.3) is 11.0 Å². The van der Waals surface area contributed by atoms with Crippen LogP contribution in [-0.2, 0) is 13.0 Å². The molecule has 4 heteroatoms. The summed E-state index contributed by atoms with van der Waals surface area (Å²) in [5.74, 6) is 0.456. The lowest BCUT2D eigenvalue weighted by Gasteiger charge is -2.12. The van der Waals surface area contributed by atoms with Crippen LogP contribution in [0.1, 0.15) is 41.3 Å². The van der Waals surface area contributed by atoms with Crippen LogP contribution in [0, 0.1) is 6.92 Å². The third kappa shape index (κ3) is 3.77. The summed E-state index contributed by atoms with van der Waals surface area (Å²) in [7, 11) is 0. The summed E-state index contributed by atoms with van der Waals surface area (Å²) in [5.41, 5.74) is 4.00. The van der Waals surface area contributed by atoms with E-state index in [1.165, 1.54) is 16.0 Å². The zero-order valence-electron chi connectivity index (χ0n) is 14.5. The number of quaternary nitrogens is 1. The van der Waals surface area contributed by atoms with Crippen molar-refractivity contribution in [2.75, 3.05) is 6.54 Å². The number of thiophene rings is 1. The lowest BCUT2D eigenvalue weighted by Crippen LogP contribution is -2.83. The molecule has 0 atom stereocenters.